The molecule has 3 rings (SSSR count). The third-order valence-corrected chi connectivity index (χ3v) is 5.87. The van der Waals surface area contributed by atoms with Gasteiger partial charge in [0, 0.05) is 38.4 Å². The fraction of sp³-hybridized carbons (Fsp3) is 0.333. The molecule has 0 bridgehead atoms. The third kappa shape index (κ3) is 5.15. The van der Waals surface area contributed by atoms with Crippen molar-refractivity contribution in [2.45, 2.75) is 13.0 Å². The molecule has 1 fully saturated rings. The van der Waals surface area contributed by atoms with Crippen LogP contribution in [0, 0.1) is 6.92 Å². The fourth-order valence-corrected chi connectivity index (χ4v) is 4.01. The molecule has 180 valence electrons. The zero-order chi connectivity index (χ0) is 25.0. The summed E-state index contributed by atoms with van der Waals surface area (Å²) in [6.07, 6.45) is 1.65. The average Bonchev–Trinajstić information content (AvgIpc) is 3.05. The van der Waals surface area contributed by atoms with Crippen LogP contribution < -0.4 is 9.64 Å². The van der Waals surface area contributed by atoms with E-state index in [0.717, 1.165) is 16.8 Å². The first-order valence-electron chi connectivity index (χ1n) is 11.2. The number of ketones is 1. The first-order chi connectivity index (χ1) is 16.1. The molecule has 0 saturated carbocycles. The maximum Gasteiger partial charge on any atom is 0.295 e. The summed E-state index contributed by atoms with van der Waals surface area (Å²) >= 11 is 0. The van der Waals surface area contributed by atoms with Crippen molar-refractivity contribution in [2.75, 3.05) is 52.8 Å². The predicted molar refractivity (Wildman–Crippen MR) is 135 cm³/mol. The minimum Gasteiger partial charge on any atom is -0.507 e. The summed E-state index contributed by atoms with van der Waals surface area (Å²) in [5.74, 6) is -0.825. The molecule has 0 aromatic heterocycles. The van der Waals surface area contributed by atoms with Crippen LogP contribution in [0.4, 0.5) is 5.69 Å². The highest BCUT2D eigenvalue weighted by atomic mass is 16.5. The Morgan fingerprint density at radius 2 is 1.79 bits per heavy atom. The molecule has 1 aliphatic rings. The van der Waals surface area contributed by atoms with Gasteiger partial charge in [-0.25, -0.2) is 0 Å². The van der Waals surface area contributed by atoms with E-state index < -0.39 is 17.7 Å². The molecule has 1 amide bonds. The largest absolute Gasteiger partial charge is 0.507 e. The van der Waals surface area contributed by atoms with E-state index >= 15 is 0 Å². The Labute approximate surface area is 201 Å². The molecule has 2 aromatic rings. The van der Waals surface area contributed by atoms with Crippen molar-refractivity contribution in [3.05, 3.63) is 77.4 Å². The van der Waals surface area contributed by atoms with Crippen molar-refractivity contribution < 1.29 is 19.4 Å². The van der Waals surface area contributed by atoms with Gasteiger partial charge in [-0.15, -0.1) is 0 Å². The molecular formula is C27H33N3O4. The van der Waals surface area contributed by atoms with Crippen LogP contribution in [0.3, 0.4) is 0 Å². The standard InChI is InChI=1S/C27H33N3O4/c1-7-16-34-21-12-13-22(18(2)17-21)25(31)23-24(19-8-10-20(11-9-19)29(5)6)30(15-14-28(3)4)27(33)26(23)32/h7-13,17,24,31H,1,14-16H2,2-6H3/t24-/m0/s1. The van der Waals surface area contributed by atoms with E-state index in [1.807, 2.05) is 69.2 Å². The van der Waals surface area contributed by atoms with Gasteiger partial charge in [-0.1, -0.05) is 24.8 Å². The van der Waals surface area contributed by atoms with Crippen LogP contribution in [0.15, 0.2) is 60.7 Å². The fourth-order valence-electron chi connectivity index (χ4n) is 4.01. The summed E-state index contributed by atoms with van der Waals surface area (Å²) in [6.45, 7) is 6.80. The summed E-state index contributed by atoms with van der Waals surface area (Å²) in [4.78, 5) is 31.7. The van der Waals surface area contributed by atoms with Crippen molar-refractivity contribution >= 4 is 23.1 Å². The van der Waals surface area contributed by atoms with Crippen LogP contribution in [-0.4, -0.2) is 74.5 Å². The molecule has 1 atom stereocenters. The number of aryl methyl sites for hydroxylation is 1. The highest BCUT2D eigenvalue weighted by Gasteiger charge is 2.46. The van der Waals surface area contributed by atoms with Gasteiger partial charge < -0.3 is 24.5 Å². The van der Waals surface area contributed by atoms with E-state index in [-0.39, 0.29) is 11.3 Å². The number of carbonyl (C=O) groups excluding carboxylic acids is 2. The van der Waals surface area contributed by atoms with E-state index in [4.69, 9.17) is 4.74 Å². The number of benzene rings is 2. The number of hydrogen-bond donors (Lipinski definition) is 1. The van der Waals surface area contributed by atoms with Gasteiger partial charge in [0.15, 0.2) is 0 Å². The first kappa shape index (κ1) is 25.1. The van der Waals surface area contributed by atoms with Gasteiger partial charge in [0.05, 0.1) is 11.6 Å². The second-order valence-electron chi connectivity index (χ2n) is 8.86. The number of likely N-dealkylation sites (N-methyl/N-ethyl adjacent to an activating group) is 1. The highest BCUT2D eigenvalue weighted by molar-refractivity contribution is 6.46. The zero-order valence-corrected chi connectivity index (χ0v) is 20.5. The number of aliphatic hydroxyl groups is 1. The monoisotopic (exact) mass is 463 g/mol. The highest BCUT2D eigenvalue weighted by Crippen LogP contribution is 2.40. The van der Waals surface area contributed by atoms with Gasteiger partial charge in [0.1, 0.15) is 18.1 Å². The number of rotatable bonds is 9. The minimum absolute atomic E-state index is 0.101. The topological polar surface area (TPSA) is 73.3 Å². The second kappa shape index (κ2) is 10.6. The Morgan fingerprint density at radius 3 is 2.35 bits per heavy atom. The predicted octanol–water partition coefficient (Wildman–Crippen LogP) is 3.61. The van der Waals surface area contributed by atoms with Crippen molar-refractivity contribution in [2.24, 2.45) is 0 Å². The van der Waals surface area contributed by atoms with E-state index in [0.29, 0.717) is 31.0 Å². The van der Waals surface area contributed by atoms with Crippen LogP contribution >= 0.6 is 0 Å². The number of likely N-dealkylation sites (tertiary alicyclic amines) is 1. The number of nitrogens with zero attached hydrogens (tertiary/aromatic N) is 3. The van der Waals surface area contributed by atoms with Crippen molar-refractivity contribution in [3.63, 3.8) is 0 Å². The Hall–Kier alpha value is -3.58. The zero-order valence-electron chi connectivity index (χ0n) is 20.5. The van der Waals surface area contributed by atoms with E-state index in [1.54, 1.807) is 29.2 Å². The quantitative estimate of drug-likeness (QED) is 0.265. The molecule has 2 aromatic carbocycles. The van der Waals surface area contributed by atoms with Crippen molar-refractivity contribution in [1.82, 2.24) is 9.80 Å². The Morgan fingerprint density at radius 1 is 1.12 bits per heavy atom. The number of amides is 1. The lowest BCUT2D eigenvalue weighted by Crippen LogP contribution is -2.35. The molecule has 7 nitrogen and oxygen atoms in total. The van der Waals surface area contributed by atoms with Gasteiger partial charge in [-0.05, 0) is 62.5 Å². The number of hydrogen-bond acceptors (Lipinski definition) is 6. The van der Waals surface area contributed by atoms with E-state index in [2.05, 4.69) is 6.58 Å². The molecule has 0 aliphatic carbocycles. The maximum absolute atomic E-state index is 13.2. The smallest absolute Gasteiger partial charge is 0.295 e. The molecule has 1 saturated heterocycles. The van der Waals surface area contributed by atoms with Crippen LogP contribution in [-0.2, 0) is 9.59 Å². The van der Waals surface area contributed by atoms with Gasteiger partial charge in [-0.3, -0.25) is 9.59 Å². The maximum atomic E-state index is 13.2. The molecule has 0 radical (unpaired) electrons. The molecule has 1 heterocycles. The van der Waals surface area contributed by atoms with Gasteiger partial charge in [0.2, 0.25) is 0 Å². The number of aliphatic hydroxyl groups excluding tert-OH is 1. The molecule has 0 unspecified atom stereocenters. The number of anilines is 1. The SMILES string of the molecule is C=CCOc1ccc(C(O)=C2C(=O)C(=O)N(CCN(C)C)[C@H]2c2ccc(N(C)C)cc2)c(C)c1. The summed E-state index contributed by atoms with van der Waals surface area (Å²) < 4.78 is 5.57. The molecule has 1 N–H and O–H groups in total. The van der Waals surface area contributed by atoms with Crippen LogP contribution in [0.5, 0.6) is 5.75 Å². The number of ether oxygens (including phenoxy) is 1. The van der Waals surface area contributed by atoms with Crippen molar-refractivity contribution in [3.8, 4) is 5.75 Å². The Balaban J connectivity index is 2.11. The second-order valence-corrected chi connectivity index (χ2v) is 8.86. The normalized spacial score (nSPS) is 17.4. The Kier molecular flexibility index (Phi) is 7.79. The van der Waals surface area contributed by atoms with Crippen molar-refractivity contribution in [1.29, 1.82) is 0 Å². The van der Waals surface area contributed by atoms with E-state index in [9.17, 15) is 14.7 Å². The van der Waals surface area contributed by atoms with Gasteiger partial charge in [-0.2, -0.15) is 0 Å². The lowest BCUT2D eigenvalue weighted by atomic mass is 9.93. The lowest BCUT2D eigenvalue weighted by Gasteiger charge is -2.27. The summed E-state index contributed by atoms with van der Waals surface area (Å²) in [5, 5.41) is 11.3. The number of Topliss-reactive ketones (excluding diaryl/α,β-unsaturated/α-hetero) is 1. The minimum atomic E-state index is -0.677. The first-order valence-corrected chi connectivity index (χ1v) is 11.2. The van der Waals surface area contributed by atoms with Crippen LogP contribution in [0.25, 0.3) is 5.76 Å². The Bertz CT molecular complexity index is 1100. The van der Waals surface area contributed by atoms with Gasteiger partial charge >= 0.3 is 0 Å². The molecule has 7 heteroatoms. The number of carbonyl (C=O) groups is 2. The van der Waals surface area contributed by atoms with Crippen LogP contribution in [0.1, 0.15) is 22.7 Å². The summed E-state index contributed by atoms with van der Waals surface area (Å²) in [5.41, 5.74) is 3.10. The molecular weight excluding hydrogens is 430 g/mol. The summed E-state index contributed by atoms with van der Waals surface area (Å²) in [7, 11) is 7.72. The molecule has 1 aliphatic heterocycles. The third-order valence-electron chi connectivity index (χ3n) is 5.87. The summed E-state index contributed by atoms with van der Waals surface area (Å²) in [6, 6.07) is 12.3. The van der Waals surface area contributed by atoms with E-state index in [1.165, 1.54) is 0 Å². The lowest BCUT2D eigenvalue weighted by molar-refractivity contribution is -0.140. The van der Waals surface area contributed by atoms with Crippen LogP contribution in [0.2, 0.25) is 0 Å². The average molecular weight is 464 g/mol. The molecule has 0 spiro atoms. The molecule has 34 heavy (non-hydrogen) atoms. The van der Waals surface area contributed by atoms with Gasteiger partial charge in [0.25, 0.3) is 11.7 Å².